The van der Waals surface area contributed by atoms with E-state index in [1.165, 1.54) is 89.0 Å². The smallest absolute Gasteiger partial charge is 0.211 e. The van der Waals surface area contributed by atoms with Crippen molar-refractivity contribution in [2.45, 2.75) is 159 Å². The zero-order valence-corrected chi connectivity index (χ0v) is 47.4. The zero-order chi connectivity index (χ0) is 52.8. The minimum atomic E-state index is -0.0672. The monoisotopic (exact) mass is 947 g/mol. The normalized spacial score (nSPS) is 12.8. The number of rotatable bonds is 12. The number of aromatic nitrogens is 1. The second-order valence-electron chi connectivity index (χ2n) is 24.0. The van der Waals surface area contributed by atoms with Crippen LogP contribution in [0.4, 0.5) is 0 Å². The van der Waals surface area contributed by atoms with Gasteiger partial charge in [-0.15, -0.1) is 0 Å². The van der Waals surface area contributed by atoms with E-state index in [0.29, 0.717) is 5.92 Å². The predicted octanol–water partition coefficient (Wildman–Crippen LogP) is 19.0. The number of benzene rings is 5. The molecule has 374 valence electrons. The molecule has 0 radical (unpaired) electrons. The molecule has 0 amide bonds. The fourth-order valence-electron chi connectivity index (χ4n) is 9.59. The van der Waals surface area contributed by atoms with Gasteiger partial charge in [0.15, 0.2) is 6.20 Å². The third-order valence-corrected chi connectivity index (χ3v) is 14.3. The first-order valence-corrected chi connectivity index (χ1v) is 26.0. The standard InChI is InChI=1S/C51H65NO.C18H22/c1-18-21-36(19-2)37-24-25-52-47(26-37)44-28-38(49(8,9)10)27-43(35(44)7)40-23-20-22-33(5)42(40)31-41(32(3)4)34(6)45-29-39(50(11,12)13)30-46(48(45)53-17)51(14,15)16;1-5-14-11-12-16(18(2,3)4)13-17(14)15-9-7-6-8-10-15/h18-30,32H,1-2,31H2,3-17H3;6-13H,5H2,1-4H3/p+1/b36-21+,41-34-;. The molecule has 0 unspecified atom stereocenters. The number of aromatic amines is 1. The molecule has 0 atom stereocenters. The first-order chi connectivity index (χ1) is 33.2. The molecule has 5 aromatic carbocycles. The van der Waals surface area contributed by atoms with E-state index in [1.54, 1.807) is 0 Å². The van der Waals surface area contributed by atoms with Gasteiger partial charge in [0.05, 0.1) is 7.11 Å². The highest BCUT2D eigenvalue weighted by Gasteiger charge is 2.29. The van der Waals surface area contributed by atoms with Gasteiger partial charge in [-0.1, -0.05) is 220 Å². The molecule has 2 heteroatoms. The van der Waals surface area contributed by atoms with E-state index in [2.05, 4.69) is 246 Å². The van der Waals surface area contributed by atoms with Crippen LogP contribution in [0.5, 0.6) is 5.75 Å². The minimum absolute atomic E-state index is 0.00191. The van der Waals surface area contributed by atoms with Gasteiger partial charge in [0, 0.05) is 28.8 Å². The fourth-order valence-corrected chi connectivity index (χ4v) is 9.59. The van der Waals surface area contributed by atoms with Gasteiger partial charge in [-0.25, -0.2) is 4.98 Å². The molecule has 0 aliphatic heterocycles. The number of nitrogens with one attached hydrogen (secondary N) is 1. The van der Waals surface area contributed by atoms with Gasteiger partial charge in [0.25, 0.3) is 0 Å². The summed E-state index contributed by atoms with van der Waals surface area (Å²) in [5.41, 5.74) is 24.4. The lowest BCUT2D eigenvalue weighted by atomic mass is 9.76. The summed E-state index contributed by atoms with van der Waals surface area (Å²) in [5.74, 6) is 1.33. The molecular formula is C69H88NO+. The molecule has 71 heavy (non-hydrogen) atoms. The van der Waals surface area contributed by atoms with Crippen molar-refractivity contribution in [1.29, 1.82) is 0 Å². The summed E-state index contributed by atoms with van der Waals surface area (Å²) < 4.78 is 6.30. The lowest BCUT2D eigenvalue weighted by molar-refractivity contribution is -0.364. The van der Waals surface area contributed by atoms with Gasteiger partial charge in [0.1, 0.15) is 5.75 Å². The van der Waals surface area contributed by atoms with Crippen molar-refractivity contribution in [3.8, 4) is 39.3 Å². The van der Waals surface area contributed by atoms with E-state index in [-0.39, 0.29) is 21.7 Å². The highest BCUT2D eigenvalue weighted by atomic mass is 16.5. The Bertz CT molecular complexity index is 2900. The number of ether oxygens (including phenoxy) is 1. The zero-order valence-electron chi connectivity index (χ0n) is 47.4. The van der Waals surface area contributed by atoms with Crippen LogP contribution in [-0.4, -0.2) is 7.11 Å². The van der Waals surface area contributed by atoms with Crippen molar-refractivity contribution in [2.75, 3.05) is 7.11 Å². The Morgan fingerprint density at radius 1 is 0.648 bits per heavy atom. The molecule has 0 aliphatic rings. The molecule has 0 fully saturated rings. The molecule has 6 aromatic rings. The summed E-state index contributed by atoms with van der Waals surface area (Å²) in [6, 6.07) is 38.3. The molecule has 0 bridgehead atoms. The molecule has 1 N–H and O–H groups in total. The van der Waals surface area contributed by atoms with E-state index in [4.69, 9.17) is 4.74 Å². The van der Waals surface area contributed by atoms with Gasteiger partial charge in [-0.05, 0) is 151 Å². The number of hydrogen-bond acceptors (Lipinski definition) is 1. The van der Waals surface area contributed by atoms with Crippen molar-refractivity contribution in [3.05, 3.63) is 202 Å². The number of pyridine rings is 1. The van der Waals surface area contributed by atoms with Crippen molar-refractivity contribution in [1.82, 2.24) is 0 Å². The molecule has 1 aromatic heterocycles. The summed E-state index contributed by atoms with van der Waals surface area (Å²) in [4.78, 5) is 3.58. The van der Waals surface area contributed by atoms with Crippen LogP contribution in [0.3, 0.4) is 0 Å². The summed E-state index contributed by atoms with van der Waals surface area (Å²) in [6.07, 6.45) is 9.68. The number of allylic oxidation sites excluding steroid dienone is 6. The van der Waals surface area contributed by atoms with Crippen LogP contribution < -0.4 is 9.72 Å². The van der Waals surface area contributed by atoms with Crippen molar-refractivity contribution in [2.24, 2.45) is 5.92 Å². The Morgan fingerprint density at radius 2 is 1.25 bits per heavy atom. The first-order valence-electron chi connectivity index (χ1n) is 26.0. The maximum Gasteiger partial charge on any atom is 0.211 e. The number of hydrogen-bond donors (Lipinski definition) is 0. The lowest BCUT2D eigenvalue weighted by Crippen LogP contribution is -2.19. The van der Waals surface area contributed by atoms with Crippen LogP contribution in [-0.2, 0) is 34.5 Å². The summed E-state index contributed by atoms with van der Waals surface area (Å²) in [6.45, 7) is 49.2. The maximum absolute atomic E-state index is 6.30. The van der Waals surface area contributed by atoms with E-state index in [0.717, 1.165) is 35.4 Å². The Morgan fingerprint density at radius 3 is 1.80 bits per heavy atom. The van der Waals surface area contributed by atoms with Gasteiger partial charge in [-0.2, -0.15) is 0 Å². The molecule has 0 aliphatic carbocycles. The van der Waals surface area contributed by atoms with Crippen LogP contribution in [0, 0.1) is 19.8 Å². The SMILES string of the molecule is C=C/C=C(\C=C)c1cc[nH+]c(-c2cc(C(C)(C)C)cc(-c3cccc(C)c3C/C(=C(\C)c3cc(C(C)(C)C)cc(C(C)(C)C)c3OC)C(C)C)c2C)c1.CCc1ccc(C(C)(C)C)cc1-c1ccccc1. The van der Waals surface area contributed by atoms with Crippen LogP contribution in [0.15, 0.2) is 146 Å². The molecule has 0 saturated heterocycles. The Kier molecular flexibility index (Phi) is 17.8. The Labute approximate surface area is 432 Å². The molecule has 1 heterocycles. The largest absolute Gasteiger partial charge is 0.496 e. The average molecular weight is 947 g/mol. The van der Waals surface area contributed by atoms with Crippen LogP contribution in [0.25, 0.3) is 44.7 Å². The van der Waals surface area contributed by atoms with Crippen molar-refractivity contribution < 1.29 is 9.72 Å². The van der Waals surface area contributed by atoms with E-state index in [9.17, 15) is 0 Å². The Balaban J connectivity index is 0.000000434. The molecule has 0 spiro atoms. The number of H-pyrrole nitrogens is 1. The number of methoxy groups -OCH3 is 1. The van der Waals surface area contributed by atoms with E-state index in [1.807, 2.05) is 31.5 Å². The third kappa shape index (κ3) is 13.3. The van der Waals surface area contributed by atoms with E-state index < -0.39 is 0 Å². The van der Waals surface area contributed by atoms with Crippen molar-refractivity contribution >= 4 is 11.1 Å². The van der Waals surface area contributed by atoms with Gasteiger partial charge >= 0.3 is 0 Å². The van der Waals surface area contributed by atoms with Crippen molar-refractivity contribution in [3.63, 3.8) is 0 Å². The van der Waals surface area contributed by atoms with Gasteiger partial charge in [0.2, 0.25) is 5.69 Å². The molecule has 0 saturated carbocycles. The number of aryl methyl sites for hydroxylation is 2. The second-order valence-corrected chi connectivity index (χ2v) is 24.0. The molecular weight excluding hydrogens is 859 g/mol. The van der Waals surface area contributed by atoms with Gasteiger partial charge in [-0.3, -0.25) is 0 Å². The highest BCUT2D eigenvalue weighted by Crippen LogP contribution is 2.44. The summed E-state index contributed by atoms with van der Waals surface area (Å²) >= 11 is 0. The topological polar surface area (TPSA) is 23.4 Å². The molecule has 2 nitrogen and oxygen atoms in total. The first kappa shape index (κ1) is 55.9. The van der Waals surface area contributed by atoms with Gasteiger partial charge < -0.3 is 4.74 Å². The fraction of sp³-hybridized carbons (Fsp3) is 0.377. The highest BCUT2D eigenvalue weighted by molar-refractivity contribution is 5.83. The third-order valence-electron chi connectivity index (χ3n) is 14.3. The summed E-state index contributed by atoms with van der Waals surface area (Å²) in [7, 11) is 1.83. The van der Waals surface area contributed by atoms with Crippen LogP contribution >= 0.6 is 0 Å². The van der Waals surface area contributed by atoms with E-state index >= 15 is 0 Å². The summed E-state index contributed by atoms with van der Waals surface area (Å²) in [5, 5.41) is 0. The van der Waals surface area contributed by atoms with Crippen LogP contribution in [0.1, 0.15) is 166 Å². The predicted molar refractivity (Wildman–Crippen MR) is 312 cm³/mol. The molecule has 6 rings (SSSR count). The lowest BCUT2D eigenvalue weighted by Gasteiger charge is -2.30. The quantitative estimate of drug-likeness (QED) is 0.112. The Hall–Kier alpha value is -5.99. The average Bonchev–Trinajstić information content (AvgIpc) is 3.31. The second kappa shape index (κ2) is 22.6. The minimum Gasteiger partial charge on any atom is -0.496 e. The van der Waals surface area contributed by atoms with Crippen LogP contribution in [0.2, 0.25) is 0 Å². The maximum atomic E-state index is 6.30.